The van der Waals surface area contributed by atoms with Crippen LogP contribution in [0.2, 0.25) is 0 Å². The van der Waals surface area contributed by atoms with E-state index in [1.165, 1.54) is 19.2 Å². The number of carbonyl (C=O) groups excluding carboxylic acids is 1. The summed E-state index contributed by atoms with van der Waals surface area (Å²) in [7, 11) is 1.26. The minimum Gasteiger partial charge on any atom is -0.465 e. The molecular weight excluding hydrogens is 214 g/mol. The minimum atomic E-state index is -0.524. The lowest BCUT2D eigenvalue weighted by molar-refractivity contribution is 0.0600. The van der Waals surface area contributed by atoms with E-state index >= 15 is 0 Å². The Morgan fingerprint density at radius 3 is 2.80 bits per heavy atom. The van der Waals surface area contributed by atoms with Gasteiger partial charge in [-0.05, 0) is 17.7 Å². The average Bonchev–Trinajstić information content (AvgIpc) is 2.26. The standard InChI is InChI=1S/C10H9NO3S/c1-14-10(13)6-2-7(5-12)8(4-11)9(15)3-6/h2-3,12,15H,5H2,1H3. The molecule has 0 aromatic heterocycles. The molecule has 0 saturated heterocycles. The molecule has 1 aromatic rings. The molecular formula is C10H9NO3S. The second-order valence-electron chi connectivity index (χ2n) is 2.79. The summed E-state index contributed by atoms with van der Waals surface area (Å²) in [5, 5.41) is 17.8. The largest absolute Gasteiger partial charge is 0.465 e. The van der Waals surface area contributed by atoms with Crippen LogP contribution in [-0.2, 0) is 11.3 Å². The summed E-state index contributed by atoms with van der Waals surface area (Å²) in [5.74, 6) is -0.524. The first-order valence-electron chi connectivity index (χ1n) is 4.09. The Morgan fingerprint density at radius 1 is 1.67 bits per heavy atom. The van der Waals surface area contributed by atoms with Crippen molar-refractivity contribution in [1.82, 2.24) is 0 Å². The van der Waals surface area contributed by atoms with E-state index in [4.69, 9.17) is 10.4 Å². The lowest BCUT2D eigenvalue weighted by atomic mass is 10.1. The van der Waals surface area contributed by atoms with Gasteiger partial charge in [-0.2, -0.15) is 5.26 Å². The lowest BCUT2D eigenvalue weighted by Gasteiger charge is -2.06. The SMILES string of the molecule is COC(=O)c1cc(S)c(C#N)c(CO)c1. The Morgan fingerprint density at radius 2 is 2.33 bits per heavy atom. The molecule has 0 spiro atoms. The summed E-state index contributed by atoms with van der Waals surface area (Å²) >= 11 is 4.06. The van der Waals surface area contributed by atoms with Crippen LogP contribution in [0, 0.1) is 11.3 Å². The van der Waals surface area contributed by atoms with Crippen LogP contribution in [0.1, 0.15) is 21.5 Å². The van der Waals surface area contributed by atoms with Crippen molar-refractivity contribution in [2.24, 2.45) is 0 Å². The molecule has 0 unspecified atom stereocenters. The molecule has 0 amide bonds. The zero-order valence-electron chi connectivity index (χ0n) is 8.02. The zero-order chi connectivity index (χ0) is 11.4. The van der Waals surface area contributed by atoms with Gasteiger partial charge in [0.1, 0.15) is 6.07 Å². The molecule has 78 valence electrons. The van der Waals surface area contributed by atoms with Gasteiger partial charge >= 0.3 is 5.97 Å². The number of hydrogen-bond donors (Lipinski definition) is 2. The highest BCUT2D eigenvalue weighted by atomic mass is 32.1. The molecule has 0 heterocycles. The molecule has 0 aliphatic heterocycles. The van der Waals surface area contributed by atoms with E-state index < -0.39 is 5.97 Å². The molecule has 1 N–H and O–H groups in total. The van der Waals surface area contributed by atoms with Crippen LogP contribution in [-0.4, -0.2) is 18.2 Å². The Balaban J connectivity index is 3.33. The summed E-state index contributed by atoms with van der Waals surface area (Å²) in [4.78, 5) is 11.6. The summed E-state index contributed by atoms with van der Waals surface area (Å²) in [6.45, 7) is -0.318. The quantitative estimate of drug-likeness (QED) is 0.582. The van der Waals surface area contributed by atoms with Gasteiger partial charge in [0.25, 0.3) is 0 Å². The van der Waals surface area contributed by atoms with Crippen LogP contribution in [0.3, 0.4) is 0 Å². The molecule has 15 heavy (non-hydrogen) atoms. The molecule has 5 heteroatoms. The van der Waals surface area contributed by atoms with Crippen molar-refractivity contribution in [3.8, 4) is 6.07 Å². The van der Waals surface area contributed by atoms with Gasteiger partial charge in [0.2, 0.25) is 0 Å². The molecule has 0 saturated carbocycles. The number of nitriles is 1. The van der Waals surface area contributed by atoms with Crippen molar-refractivity contribution in [3.63, 3.8) is 0 Å². The highest BCUT2D eigenvalue weighted by molar-refractivity contribution is 7.80. The van der Waals surface area contributed by atoms with Crippen molar-refractivity contribution in [1.29, 1.82) is 5.26 Å². The number of nitrogens with zero attached hydrogens (tertiary/aromatic N) is 1. The summed E-state index contributed by atoms with van der Waals surface area (Å²) in [6.07, 6.45) is 0. The van der Waals surface area contributed by atoms with Crippen LogP contribution in [0.15, 0.2) is 17.0 Å². The third-order valence-corrected chi connectivity index (χ3v) is 2.26. The van der Waals surface area contributed by atoms with Gasteiger partial charge in [0.15, 0.2) is 0 Å². The van der Waals surface area contributed by atoms with Crippen LogP contribution < -0.4 is 0 Å². The van der Waals surface area contributed by atoms with Gasteiger partial charge in [-0.3, -0.25) is 0 Å². The number of thiol groups is 1. The lowest BCUT2D eigenvalue weighted by Crippen LogP contribution is -2.04. The van der Waals surface area contributed by atoms with Crippen molar-refractivity contribution in [2.75, 3.05) is 7.11 Å². The number of carbonyl (C=O) groups is 1. The maximum Gasteiger partial charge on any atom is 0.337 e. The fourth-order valence-corrected chi connectivity index (χ4v) is 1.51. The highest BCUT2D eigenvalue weighted by Crippen LogP contribution is 2.21. The predicted molar refractivity (Wildman–Crippen MR) is 55.7 cm³/mol. The van der Waals surface area contributed by atoms with Gasteiger partial charge in [-0.25, -0.2) is 4.79 Å². The topological polar surface area (TPSA) is 70.3 Å². The second kappa shape index (κ2) is 4.82. The number of benzene rings is 1. The van der Waals surface area contributed by atoms with E-state index in [0.717, 1.165) is 0 Å². The van der Waals surface area contributed by atoms with Gasteiger partial charge in [0, 0.05) is 4.90 Å². The van der Waals surface area contributed by atoms with Crippen LogP contribution >= 0.6 is 12.6 Å². The number of aliphatic hydroxyl groups excluding tert-OH is 1. The third kappa shape index (κ3) is 2.29. The number of esters is 1. The number of aliphatic hydroxyl groups is 1. The summed E-state index contributed by atoms with van der Waals surface area (Å²) in [6, 6.07) is 4.77. The summed E-state index contributed by atoms with van der Waals surface area (Å²) in [5.41, 5.74) is 0.907. The van der Waals surface area contributed by atoms with E-state index in [1.807, 2.05) is 6.07 Å². The highest BCUT2D eigenvalue weighted by Gasteiger charge is 2.12. The maximum absolute atomic E-state index is 11.2. The van der Waals surface area contributed by atoms with E-state index in [0.29, 0.717) is 10.5 Å². The first-order chi connectivity index (χ1) is 7.13. The van der Waals surface area contributed by atoms with E-state index in [1.54, 1.807) is 0 Å². The second-order valence-corrected chi connectivity index (χ2v) is 3.27. The number of rotatable bonds is 2. The normalized spacial score (nSPS) is 9.47. The number of ether oxygens (including phenoxy) is 1. The maximum atomic E-state index is 11.2. The molecule has 0 aliphatic carbocycles. The van der Waals surface area contributed by atoms with E-state index in [-0.39, 0.29) is 17.7 Å². The van der Waals surface area contributed by atoms with Crippen molar-refractivity contribution in [3.05, 3.63) is 28.8 Å². The smallest absolute Gasteiger partial charge is 0.337 e. The monoisotopic (exact) mass is 223 g/mol. The predicted octanol–water partition coefficient (Wildman–Crippen LogP) is 1.13. The van der Waals surface area contributed by atoms with Gasteiger partial charge in [0.05, 0.1) is 24.8 Å². The van der Waals surface area contributed by atoms with Crippen LogP contribution in [0.5, 0.6) is 0 Å². The Labute approximate surface area is 92.5 Å². The molecule has 0 bridgehead atoms. The average molecular weight is 223 g/mol. The van der Waals surface area contributed by atoms with Gasteiger partial charge in [-0.15, -0.1) is 12.6 Å². The first-order valence-corrected chi connectivity index (χ1v) is 4.54. The summed E-state index contributed by atoms with van der Waals surface area (Å²) < 4.78 is 4.53. The number of hydrogen-bond acceptors (Lipinski definition) is 5. The molecule has 4 nitrogen and oxygen atoms in total. The zero-order valence-corrected chi connectivity index (χ0v) is 8.91. The van der Waals surface area contributed by atoms with E-state index in [2.05, 4.69) is 17.4 Å². The third-order valence-electron chi connectivity index (χ3n) is 1.90. The Bertz CT molecular complexity index is 437. The molecule has 1 aromatic carbocycles. The van der Waals surface area contributed by atoms with Crippen molar-refractivity contribution >= 4 is 18.6 Å². The molecule has 0 atom stereocenters. The Kier molecular flexibility index (Phi) is 3.72. The fourth-order valence-electron chi connectivity index (χ4n) is 1.17. The molecule has 0 fully saturated rings. The van der Waals surface area contributed by atoms with Crippen molar-refractivity contribution < 1.29 is 14.6 Å². The Hall–Kier alpha value is -1.51. The van der Waals surface area contributed by atoms with Crippen LogP contribution in [0.25, 0.3) is 0 Å². The fraction of sp³-hybridized carbons (Fsp3) is 0.200. The molecule has 0 aliphatic rings. The first kappa shape index (κ1) is 11.6. The molecule has 1 rings (SSSR count). The van der Waals surface area contributed by atoms with Gasteiger partial charge in [-0.1, -0.05) is 0 Å². The molecule has 0 radical (unpaired) electrons. The van der Waals surface area contributed by atoms with E-state index in [9.17, 15) is 4.79 Å². The minimum absolute atomic E-state index is 0.269. The number of methoxy groups -OCH3 is 1. The van der Waals surface area contributed by atoms with Gasteiger partial charge < -0.3 is 9.84 Å². The van der Waals surface area contributed by atoms with Crippen molar-refractivity contribution in [2.45, 2.75) is 11.5 Å². The van der Waals surface area contributed by atoms with Crippen LogP contribution in [0.4, 0.5) is 0 Å².